The quantitative estimate of drug-likeness (QED) is 0.716. The van der Waals surface area contributed by atoms with Crippen molar-refractivity contribution in [2.24, 2.45) is 34.5 Å². The summed E-state index contributed by atoms with van der Waals surface area (Å²) in [5.41, 5.74) is 0.824. The van der Waals surface area contributed by atoms with Crippen molar-refractivity contribution < 1.29 is 14.7 Å². The van der Waals surface area contributed by atoms with Gasteiger partial charge in [-0.15, -0.1) is 12.6 Å². The molecule has 0 aromatic heterocycles. The molecular formula is C20H26O3S. The largest absolute Gasteiger partial charge is 0.393 e. The van der Waals surface area contributed by atoms with Crippen LogP contribution >= 0.6 is 12.6 Å². The summed E-state index contributed by atoms with van der Waals surface area (Å²) in [7, 11) is 0. The molecule has 3 saturated carbocycles. The van der Waals surface area contributed by atoms with E-state index in [1.165, 1.54) is 5.57 Å². The molecule has 0 aromatic carbocycles. The van der Waals surface area contributed by atoms with Crippen LogP contribution in [0.15, 0.2) is 23.8 Å². The number of aliphatic hydroxyl groups is 1. The van der Waals surface area contributed by atoms with Gasteiger partial charge < -0.3 is 5.11 Å². The summed E-state index contributed by atoms with van der Waals surface area (Å²) in [6.45, 7) is 4.37. The number of rotatable bonds is 1. The molecule has 0 aliphatic heterocycles. The van der Waals surface area contributed by atoms with Crippen molar-refractivity contribution in [2.45, 2.75) is 52.1 Å². The summed E-state index contributed by atoms with van der Waals surface area (Å²) in [4.78, 5) is 23.8. The minimum absolute atomic E-state index is 0.0172. The molecule has 0 radical (unpaired) electrons. The smallest absolute Gasteiger partial charge is 0.189 e. The second-order valence-electron chi connectivity index (χ2n) is 8.77. The van der Waals surface area contributed by atoms with Crippen LogP contribution in [0, 0.1) is 34.5 Å². The van der Waals surface area contributed by atoms with Gasteiger partial charge in [-0.05, 0) is 61.5 Å². The Morgan fingerprint density at radius 2 is 2.04 bits per heavy atom. The summed E-state index contributed by atoms with van der Waals surface area (Å²) in [5.74, 6) is 1.06. The molecule has 0 saturated heterocycles. The van der Waals surface area contributed by atoms with Crippen LogP contribution in [0.5, 0.6) is 0 Å². The van der Waals surface area contributed by atoms with Crippen LogP contribution in [0.4, 0.5) is 0 Å². The van der Waals surface area contributed by atoms with Crippen LogP contribution in [-0.2, 0) is 9.59 Å². The van der Waals surface area contributed by atoms with Crippen molar-refractivity contribution in [3.05, 3.63) is 23.8 Å². The number of carbonyl (C=O) groups is 2. The van der Waals surface area contributed by atoms with E-state index in [0.29, 0.717) is 18.3 Å². The first-order valence-electron chi connectivity index (χ1n) is 9.12. The van der Waals surface area contributed by atoms with Crippen LogP contribution in [0.2, 0.25) is 0 Å². The number of hydrogen-bond donors (Lipinski definition) is 2. The van der Waals surface area contributed by atoms with E-state index in [1.807, 2.05) is 6.08 Å². The molecule has 3 fully saturated rings. The van der Waals surface area contributed by atoms with Gasteiger partial charge in [-0.2, -0.15) is 0 Å². The first kappa shape index (κ1) is 16.6. The summed E-state index contributed by atoms with van der Waals surface area (Å²) in [5, 5.41) is 11.1. The molecule has 4 rings (SSSR count). The number of ketones is 1. The van der Waals surface area contributed by atoms with E-state index in [1.54, 1.807) is 12.2 Å². The van der Waals surface area contributed by atoms with Crippen LogP contribution < -0.4 is 0 Å². The van der Waals surface area contributed by atoms with Crippen molar-refractivity contribution in [1.29, 1.82) is 0 Å². The lowest BCUT2D eigenvalue weighted by Gasteiger charge is -2.58. The predicted octanol–water partition coefficient (Wildman–Crippen LogP) is 3.34. The van der Waals surface area contributed by atoms with Gasteiger partial charge in [-0.25, -0.2) is 0 Å². The second kappa shape index (κ2) is 5.31. The first-order chi connectivity index (χ1) is 11.3. The molecule has 4 heteroatoms. The van der Waals surface area contributed by atoms with Gasteiger partial charge in [0, 0.05) is 17.3 Å². The normalized spacial score (nSPS) is 49.9. The van der Waals surface area contributed by atoms with Gasteiger partial charge >= 0.3 is 0 Å². The Balaban J connectivity index is 1.74. The fourth-order valence-corrected chi connectivity index (χ4v) is 7.16. The van der Waals surface area contributed by atoms with E-state index in [0.717, 1.165) is 25.7 Å². The fraction of sp³-hybridized carbons (Fsp3) is 0.700. The highest BCUT2D eigenvalue weighted by atomic mass is 32.1. The molecule has 1 N–H and O–H groups in total. The molecule has 130 valence electrons. The van der Waals surface area contributed by atoms with Crippen molar-refractivity contribution in [1.82, 2.24) is 0 Å². The van der Waals surface area contributed by atoms with Crippen molar-refractivity contribution in [3.8, 4) is 0 Å². The van der Waals surface area contributed by atoms with E-state index in [-0.39, 0.29) is 33.6 Å². The molecule has 0 spiro atoms. The van der Waals surface area contributed by atoms with E-state index in [4.69, 9.17) is 0 Å². The maximum absolute atomic E-state index is 12.0. The number of carbonyl (C=O) groups excluding carboxylic acids is 2. The number of fused-ring (bicyclic) bond motifs is 5. The zero-order valence-electron chi connectivity index (χ0n) is 14.4. The Hall–Kier alpha value is -0.870. The number of hydrogen-bond acceptors (Lipinski definition) is 3. The Labute approximate surface area is 149 Å². The average molecular weight is 346 g/mol. The Morgan fingerprint density at radius 3 is 2.75 bits per heavy atom. The number of aliphatic hydroxyl groups excluding tert-OH is 1. The summed E-state index contributed by atoms with van der Waals surface area (Å²) >= 11 is 4.13. The topological polar surface area (TPSA) is 54.4 Å². The van der Waals surface area contributed by atoms with E-state index >= 15 is 0 Å². The van der Waals surface area contributed by atoms with Crippen LogP contribution in [-0.4, -0.2) is 22.1 Å². The molecule has 0 heterocycles. The lowest BCUT2D eigenvalue weighted by atomic mass is 9.47. The standard InChI is InChI=1S/C20H26O3S/c1-19-8-7-12(21)9-11(19)3-4-13-14-5-6-15(18(23)24)20(14,2)10-16(22)17(13)19/h7-9,13-17,22H,3-6,10H2,1-2H3,(H,23,24)/t13?,14?,15-,16+,17?,19+,20+/m1/s1. The molecule has 0 aromatic rings. The first-order valence-corrected chi connectivity index (χ1v) is 9.57. The minimum atomic E-state index is -0.434. The predicted molar refractivity (Wildman–Crippen MR) is 95.5 cm³/mol. The van der Waals surface area contributed by atoms with Crippen LogP contribution in [0.3, 0.4) is 0 Å². The highest BCUT2D eigenvalue weighted by Crippen LogP contribution is 2.66. The SMILES string of the molecule is C[C@]12C=CC(=O)C=C1CCC1C2[C@@H](O)C[C@@]2(C)C1CC[C@@H]2C(=O)S. The molecule has 4 aliphatic rings. The van der Waals surface area contributed by atoms with Gasteiger partial charge in [0.25, 0.3) is 0 Å². The Morgan fingerprint density at radius 1 is 1.29 bits per heavy atom. The van der Waals surface area contributed by atoms with Gasteiger partial charge in [0.2, 0.25) is 0 Å². The second-order valence-corrected chi connectivity index (χ2v) is 9.21. The van der Waals surface area contributed by atoms with Gasteiger partial charge in [0.15, 0.2) is 10.9 Å². The van der Waals surface area contributed by atoms with Gasteiger partial charge in [0.05, 0.1) is 6.10 Å². The highest BCUT2D eigenvalue weighted by Gasteiger charge is 2.62. The molecule has 0 bridgehead atoms. The molecule has 3 nitrogen and oxygen atoms in total. The fourth-order valence-electron chi connectivity index (χ4n) is 6.73. The summed E-state index contributed by atoms with van der Waals surface area (Å²) in [6, 6.07) is 0. The van der Waals surface area contributed by atoms with Crippen molar-refractivity contribution >= 4 is 23.5 Å². The number of thiol groups is 1. The molecule has 7 atom stereocenters. The Kier molecular flexibility index (Phi) is 3.67. The zero-order chi connectivity index (χ0) is 17.3. The zero-order valence-corrected chi connectivity index (χ0v) is 15.3. The van der Waals surface area contributed by atoms with Crippen molar-refractivity contribution in [2.75, 3.05) is 0 Å². The minimum Gasteiger partial charge on any atom is -0.393 e. The van der Waals surface area contributed by atoms with Gasteiger partial charge in [-0.3, -0.25) is 9.59 Å². The molecule has 4 aliphatic carbocycles. The van der Waals surface area contributed by atoms with Crippen LogP contribution in [0.25, 0.3) is 0 Å². The third-order valence-corrected chi connectivity index (χ3v) is 8.10. The Bertz CT molecular complexity index is 666. The van der Waals surface area contributed by atoms with E-state index in [9.17, 15) is 14.7 Å². The van der Waals surface area contributed by atoms with Crippen LogP contribution in [0.1, 0.15) is 46.0 Å². The molecule has 0 amide bonds. The third kappa shape index (κ3) is 2.08. The maximum Gasteiger partial charge on any atom is 0.189 e. The molecular weight excluding hydrogens is 320 g/mol. The lowest BCUT2D eigenvalue weighted by Crippen LogP contribution is -2.56. The third-order valence-electron chi connectivity index (χ3n) is 7.79. The number of allylic oxidation sites excluding steroid dienone is 4. The van der Waals surface area contributed by atoms with E-state index in [2.05, 4.69) is 26.5 Å². The monoisotopic (exact) mass is 346 g/mol. The van der Waals surface area contributed by atoms with Gasteiger partial charge in [-0.1, -0.05) is 25.5 Å². The van der Waals surface area contributed by atoms with Gasteiger partial charge in [0.1, 0.15) is 0 Å². The summed E-state index contributed by atoms with van der Waals surface area (Å²) in [6.07, 6.45) is 9.60. The van der Waals surface area contributed by atoms with Crippen molar-refractivity contribution in [3.63, 3.8) is 0 Å². The average Bonchev–Trinajstić information content (AvgIpc) is 2.84. The maximum atomic E-state index is 12.0. The highest BCUT2D eigenvalue weighted by molar-refractivity contribution is 7.96. The molecule has 3 unspecified atom stereocenters. The molecule has 24 heavy (non-hydrogen) atoms. The van der Waals surface area contributed by atoms with E-state index < -0.39 is 6.10 Å². The summed E-state index contributed by atoms with van der Waals surface area (Å²) < 4.78 is 0. The lowest BCUT2D eigenvalue weighted by molar-refractivity contribution is -0.132.